The molecule has 0 radical (unpaired) electrons. The molecule has 0 saturated carbocycles. The summed E-state index contributed by atoms with van der Waals surface area (Å²) in [5.74, 6) is 0.456. The molecule has 126 valence electrons. The van der Waals surface area contributed by atoms with Crippen LogP contribution in [0.4, 0.5) is 0 Å². The van der Waals surface area contributed by atoms with Crippen molar-refractivity contribution in [2.45, 2.75) is 25.0 Å². The van der Waals surface area contributed by atoms with Crippen LogP contribution in [0.5, 0.6) is 0 Å². The van der Waals surface area contributed by atoms with Gasteiger partial charge in [-0.05, 0) is 31.5 Å². The normalized spacial score (nSPS) is 17.8. The van der Waals surface area contributed by atoms with Gasteiger partial charge in [0.1, 0.15) is 0 Å². The third-order valence-corrected chi connectivity index (χ3v) is 4.75. The standard InChI is InChI=1S/C17H21N5OS/c1-12-8-13(2)21-17(20-12)24-11-16(23)22-7-6-19-10-15(22)14-4-3-5-18-9-14/h3-5,8-9,15,19H,6-7,10-11H2,1-2H3. The van der Waals surface area contributed by atoms with Crippen LogP contribution in [0.25, 0.3) is 0 Å². The van der Waals surface area contributed by atoms with Crippen molar-refractivity contribution < 1.29 is 4.79 Å². The summed E-state index contributed by atoms with van der Waals surface area (Å²) in [6, 6.07) is 5.89. The Kier molecular flexibility index (Phi) is 5.42. The first kappa shape index (κ1) is 16.9. The molecule has 3 rings (SSSR count). The molecule has 3 heterocycles. The van der Waals surface area contributed by atoms with Crippen molar-refractivity contribution in [3.8, 4) is 0 Å². The number of aryl methyl sites for hydroxylation is 2. The van der Waals surface area contributed by atoms with Crippen LogP contribution in [0, 0.1) is 13.8 Å². The summed E-state index contributed by atoms with van der Waals surface area (Å²) in [5.41, 5.74) is 2.91. The molecule has 1 unspecified atom stereocenters. The number of carbonyl (C=O) groups is 1. The molecule has 1 aliphatic heterocycles. The highest BCUT2D eigenvalue weighted by Gasteiger charge is 2.28. The van der Waals surface area contributed by atoms with Crippen molar-refractivity contribution in [2.75, 3.05) is 25.4 Å². The lowest BCUT2D eigenvalue weighted by Gasteiger charge is -2.36. The lowest BCUT2D eigenvalue weighted by molar-refractivity contribution is -0.131. The molecule has 1 fully saturated rings. The second-order valence-corrected chi connectivity index (χ2v) is 6.76. The van der Waals surface area contributed by atoms with Crippen molar-refractivity contribution in [2.24, 2.45) is 0 Å². The predicted octanol–water partition coefficient (Wildman–Crippen LogP) is 1.75. The number of aromatic nitrogens is 3. The zero-order valence-electron chi connectivity index (χ0n) is 13.9. The molecule has 0 bridgehead atoms. The van der Waals surface area contributed by atoms with E-state index in [9.17, 15) is 4.79 Å². The van der Waals surface area contributed by atoms with E-state index in [4.69, 9.17) is 0 Å². The van der Waals surface area contributed by atoms with Gasteiger partial charge in [0, 0.05) is 43.4 Å². The van der Waals surface area contributed by atoms with Crippen LogP contribution in [0.15, 0.2) is 35.7 Å². The third-order valence-electron chi connectivity index (χ3n) is 3.92. The van der Waals surface area contributed by atoms with Gasteiger partial charge in [-0.15, -0.1) is 0 Å². The van der Waals surface area contributed by atoms with Gasteiger partial charge < -0.3 is 10.2 Å². The quantitative estimate of drug-likeness (QED) is 0.674. The lowest BCUT2D eigenvalue weighted by atomic mass is 10.1. The van der Waals surface area contributed by atoms with E-state index < -0.39 is 0 Å². The molecule has 1 saturated heterocycles. The molecule has 0 spiro atoms. The van der Waals surface area contributed by atoms with Crippen LogP contribution in [0.2, 0.25) is 0 Å². The van der Waals surface area contributed by atoms with Crippen molar-refractivity contribution in [1.82, 2.24) is 25.2 Å². The molecule has 1 amide bonds. The maximum Gasteiger partial charge on any atom is 0.233 e. The molecule has 6 nitrogen and oxygen atoms in total. The first-order valence-corrected chi connectivity index (χ1v) is 8.97. The predicted molar refractivity (Wildman–Crippen MR) is 93.8 cm³/mol. The summed E-state index contributed by atoms with van der Waals surface area (Å²) in [6.45, 7) is 6.15. The Labute approximate surface area is 146 Å². The minimum absolute atomic E-state index is 0.0284. The van der Waals surface area contributed by atoms with Crippen LogP contribution in [-0.2, 0) is 4.79 Å². The van der Waals surface area contributed by atoms with E-state index in [0.29, 0.717) is 17.5 Å². The number of rotatable bonds is 4. The van der Waals surface area contributed by atoms with Crippen LogP contribution < -0.4 is 5.32 Å². The fraction of sp³-hybridized carbons (Fsp3) is 0.412. The van der Waals surface area contributed by atoms with Crippen molar-refractivity contribution in [1.29, 1.82) is 0 Å². The minimum Gasteiger partial charge on any atom is -0.332 e. The summed E-state index contributed by atoms with van der Waals surface area (Å²) in [5, 5.41) is 4.01. The summed E-state index contributed by atoms with van der Waals surface area (Å²) >= 11 is 1.40. The third kappa shape index (κ3) is 4.10. The first-order valence-electron chi connectivity index (χ1n) is 7.98. The molecule has 7 heteroatoms. The van der Waals surface area contributed by atoms with Crippen LogP contribution in [-0.4, -0.2) is 51.1 Å². The number of pyridine rings is 1. The monoisotopic (exact) mass is 343 g/mol. The van der Waals surface area contributed by atoms with E-state index in [2.05, 4.69) is 20.3 Å². The van der Waals surface area contributed by atoms with Gasteiger partial charge in [0.25, 0.3) is 0 Å². The van der Waals surface area contributed by atoms with Gasteiger partial charge in [-0.1, -0.05) is 17.8 Å². The summed E-state index contributed by atoms with van der Waals surface area (Å²) < 4.78 is 0. The summed E-state index contributed by atoms with van der Waals surface area (Å²) in [6.07, 6.45) is 3.58. The molecule has 1 atom stereocenters. The van der Waals surface area contributed by atoms with Gasteiger partial charge in [-0.25, -0.2) is 9.97 Å². The van der Waals surface area contributed by atoms with Gasteiger partial charge >= 0.3 is 0 Å². The largest absolute Gasteiger partial charge is 0.332 e. The van der Waals surface area contributed by atoms with Gasteiger partial charge in [0.2, 0.25) is 5.91 Å². The van der Waals surface area contributed by atoms with Crippen molar-refractivity contribution in [3.63, 3.8) is 0 Å². The molecule has 0 aromatic carbocycles. The van der Waals surface area contributed by atoms with Gasteiger partial charge in [0.05, 0.1) is 11.8 Å². The average molecular weight is 343 g/mol. The smallest absolute Gasteiger partial charge is 0.233 e. The first-order chi connectivity index (χ1) is 11.6. The van der Waals surface area contributed by atoms with Crippen molar-refractivity contribution in [3.05, 3.63) is 47.5 Å². The highest BCUT2D eigenvalue weighted by molar-refractivity contribution is 7.99. The molecule has 1 N–H and O–H groups in total. The van der Waals surface area contributed by atoms with E-state index in [0.717, 1.165) is 30.0 Å². The highest BCUT2D eigenvalue weighted by atomic mass is 32.2. The van der Waals surface area contributed by atoms with E-state index in [-0.39, 0.29) is 11.9 Å². The van der Waals surface area contributed by atoms with E-state index in [1.54, 1.807) is 6.20 Å². The number of nitrogens with one attached hydrogen (secondary N) is 1. The van der Waals surface area contributed by atoms with E-state index >= 15 is 0 Å². The molecule has 0 aliphatic carbocycles. The maximum absolute atomic E-state index is 12.7. The number of nitrogens with zero attached hydrogens (tertiary/aromatic N) is 4. The number of hydrogen-bond donors (Lipinski definition) is 1. The second kappa shape index (κ2) is 7.72. The molecule has 24 heavy (non-hydrogen) atoms. The van der Waals surface area contributed by atoms with Crippen LogP contribution >= 0.6 is 11.8 Å². The summed E-state index contributed by atoms with van der Waals surface area (Å²) in [7, 11) is 0. The Morgan fingerprint density at radius 2 is 2.17 bits per heavy atom. The fourth-order valence-corrected chi connectivity index (χ4v) is 3.68. The Morgan fingerprint density at radius 1 is 1.38 bits per heavy atom. The highest BCUT2D eigenvalue weighted by Crippen LogP contribution is 2.23. The maximum atomic E-state index is 12.7. The van der Waals surface area contributed by atoms with Crippen LogP contribution in [0.3, 0.4) is 0 Å². The van der Waals surface area contributed by atoms with Gasteiger partial charge in [-0.2, -0.15) is 0 Å². The van der Waals surface area contributed by atoms with Crippen LogP contribution in [0.1, 0.15) is 23.0 Å². The van der Waals surface area contributed by atoms with Crippen molar-refractivity contribution >= 4 is 17.7 Å². The number of piperazine rings is 1. The molecule has 1 aliphatic rings. The van der Waals surface area contributed by atoms with E-state index in [1.807, 2.05) is 43.1 Å². The second-order valence-electron chi connectivity index (χ2n) is 5.82. The van der Waals surface area contributed by atoms with E-state index in [1.165, 1.54) is 11.8 Å². The average Bonchev–Trinajstić information content (AvgIpc) is 2.60. The Balaban J connectivity index is 1.68. The number of hydrogen-bond acceptors (Lipinski definition) is 6. The fourth-order valence-electron chi connectivity index (χ4n) is 2.84. The number of carbonyl (C=O) groups excluding carboxylic acids is 1. The molecule has 2 aromatic rings. The number of thioether (sulfide) groups is 1. The summed E-state index contributed by atoms with van der Waals surface area (Å²) in [4.78, 5) is 27.6. The zero-order chi connectivity index (χ0) is 16.9. The van der Waals surface area contributed by atoms with Gasteiger partial charge in [0.15, 0.2) is 5.16 Å². The topological polar surface area (TPSA) is 71.0 Å². The van der Waals surface area contributed by atoms with Gasteiger partial charge in [-0.3, -0.25) is 9.78 Å². The lowest BCUT2D eigenvalue weighted by Crippen LogP contribution is -2.49. The Hall–Kier alpha value is -1.99. The molecular formula is C17H21N5OS. The Bertz CT molecular complexity index is 689. The molecule has 2 aromatic heterocycles. The SMILES string of the molecule is Cc1cc(C)nc(SCC(=O)N2CCNCC2c2cccnc2)n1. The number of amides is 1. The molecular weight excluding hydrogens is 322 g/mol. The minimum atomic E-state index is 0.0284. The Morgan fingerprint density at radius 3 is 2.88 bits per heavy atom. The zero-order valence-corrected chi connectivity index (χ0v) is 14.7.